The van der Waals surface area contributed by atoms with Gasteiger partial charge in [-0.3, -0.25) is 5.84 Å². The zero-order chi connectivity index (χ0) is 12.3. The highest BCUT2D eigenvalue weighted by molar-refractivity contribution is 6.35. The summed E-state index contributed by atoms with van der Waals surface area (Å²) in [5, 5.41) is 1.25. The highest BCUT2D eigenvalue weighted by Gasteiger charge is 2.14. The van der Waals surface area contributed by atoms with E-state index in [0.29, 0.717) is 16.5 Å². The van der Waals surface area contributed by atoms with Gasteiger partial charge in [-0.2, -0.15) is 0 Å². The van der Waals surface area contributed by atoms with Gasteiger partial charge in [0.2, 0.25) is 0 Å². The third-order valence-electron chi connectivity index (χ3n) is 2.49. The van der Waals surface area contributed by atoms with Crippen LogP contribution < -0.4 is 11.3 Å². The monoisotopic (exact) mass is 270 g/mol. The maximum absolute atomic E-state index is 6.11. The fourth-order valence-electron chi connectivity index (χ4n) is 1.61. The molecule has 0 spiro atoms. The second kappa shape index (κ2) is 5.51. The van der Waals surface area contributed by atoms with Gasteiger partial charge < -0.3 is 4.98 Å². The molecule has 6 heteroatoms. The highest BCUT2D eigenvalue weighted by atomic mass is 35.5. The molecule has 2 aromatic rings. The fourth-order valence-corrected chi connectivity index (χ4v) is 2.10. The third-order valence-corrected chi connectivity index (χ3v) is 3.08. The van der Waals surface area contributed by atoms with Crippen LogP contribution in [0.2, 0.25) is 10.0 Å². The van der Waals surface area contributed by atoms with Crippen molar-refractivity contribution in [1.29, 1.82) is 0 Å². The molecule has 17 heavy (non-hydrogen) atoms. The minimum Gasteiger partial charge on any atom is -0.347 e. The molecule has 0 saturated carbocycles. The molecule has 90 valence electrons. The summed E-state index contributed by atoms with van der Waals surface area (Å²) in [4.78, 5) is 7.18. The van der Waals surface area contributed by atoms with Crippen LogP contribution in [0.25, 0.3) is 0 Å². The van der Waals surface area contributed by atoms with Crippen molar-refractivity contribution >= 4 is 23.2 Å². The van der Waals surface area contributed by atoms with E-state index in [1.54, 1.807) is 24.5 Å². The zero-order valence-corrected chi connectivity index (χ0v) is 10.5. The molecule has 0 saturated heterocycles. The van der Waals surface area contributed by atoms with Crippen molar-refractivity contribution in [1.82, 2.24) is 15.4 Å². The molecule has 1 unspecified atom stereocenters. The SMILES string of the molecule is NNC(Cc1ccc(Cl)cc1Cl)c1ncc[nH]1. The summed E-state index contributed by atoms with van der Waals surface area (Å²) in [6, 6.07) is 5.30. The molecule has 1 aromatic heterocycles. The van der Waals surface area contributed by atoms with E-state index >= 15 is 0 Å². The topological polar surface area (TPSA) is 66.7 Å². The normalized spacial score (nSPS) is 12.6. The molecule has 0 amide bonds. The number of nitrogens with zero attached hydrogens (tertiary/aromatic N) is 1. The molecule has 0 aliphatic carbocycles. The van der Waals surface area contributed by atoms with E-state index < -0.39 is 0 Å². The van der Waals surface area contributed by atoms with Crippen LogP contribution in [0.15, 0.2) is 30.6 Å². The largest absolute Gasteiger partial charge is 0.347 e. The zero-order valence-electron chi connectivity index (χ0n) is 8.95. The Hall–Kier alpha value is -1.07. The highest BCUT2D eigenvalue weighted by Crippen LogP contribution is 2.24. The van der Waals surface area contributed by atoms with Crippen LogP contribution in [0.5, 0.6) is 0 Å². The number of H-pyrrole nitrogens is 1. The Morgan fingerprint density at radius 3 is 2.82 bits per heavy atom. The summed E-state index contributed by atoms with van der Waals surface area (Å²) in [5.74, 6) is 6.29. The lowest BCUT2D eigenvalue weighted by Gasteiger charge is -2.14. The second-order valence-electron chi connectivity index (χ2n) is 3.63. The lowest BCUT2D eigenvalue weighted by Crippen LogP contribution is -2.30. The Labute approximate surface area is 109 Å². The number of nitrogens with two attached hydrogens (primary N) is 1. The summed E-state index contributed by atoms with van der Waals surface area (Å²) in [5.41, 5.74) is 3.68. The van der Waals surface area contributed by atoms with E-state index in [-0.39, 0.29) is 6.04 Å². The molecule has 1 atom stereocenters. The summed E-state index contributed by atoms with van der Waals surface area (Å²) >= 11 is 12.0. The molecule has 2 rings (SSSR count). The number of hydrogen-bond donors (Lipinski definition) is 3. The summed E-state index contributed by atoms with van der Waals surface area (Å²) in [6.45, 7) is 0. The maximum atomic E-state index is 6.11. The van der Waals surface area contributed by atoms with Gasteiger partial charge in [-0.05, 0) is 24.1 Å². The van der Waals surface area contributed by atoms with Crippen LogP contribution in [0.3, 0.4) is 0 Å². The van der Waals surface area contributed by atoms with Gasteiger partial charge in [0.05, 0.1) is 6.04 Å². The molecule has 4 N–H and O–H groups in total. The Kier molecular flexibility index (Phi) is 4.02. The molecule has 0 fully saturated rings. The lowest BCUT2D eigenvalue weighted by molar-refractivity contribution is 0.527. The number of hydrogen-bond acceptors (Lipinski definition) is 3. The number of hydrazine groups is 1. The molecular weight excluding hydrogens is 259 g/mol. The number of aromatic nitrogens is 2. The van der Waals surface area contributed by atoms with E-state index in [1.807, 2.05) is 6.07 Å². The summed E-state index contributed by atoms with van der Waals surface area (Å²) < 4.78 is 0. The summed E-state index contributed by atoms with van der Waals surface area (Å²) in [6.07, 6.45) is 4.08. The minimum absolute atomic E-state index is 0.108. The van der Waals surface area contributed by atoms with Crippen molar-refractivity contribution in [3.05, 3.63) is 52.0 Å². The molecule has 4 nitrogen and oxygen atoms in total. The predicted octanol–water partition coefficient (Wildman–Crippen LogP) is 2.46. The van der Waals surface area contributed by atoms with Crippen LogP contribution in [0.4, 0.5) is 0 Å². The van der Waals surface area contributed by atoms with Gasteiger partial charge in [0.1, 0.15) is 5.82 Å². The van der Waals surface area contributed by atoms with Crippen molar-refractivity contribution < 1.29 is 0 Å². The van der Waals surface area contributed by atoms with Crippen LogP contribution in [-0.4, -0.2) is 9.97 Å². The number of halogens is 2. The number of imidazole rings is 1. The molecule has 0 aliphatic heterocycles. The van der Waals surface area contributed by atoms with E-state index in [0.717, 1.165) is 11.4 Å². The first-order valence-electron chi connectivity index (χ1n) is 5.10. The first-order valence-corrected chi connectivity index (χ1v) is 5.85. The Balaban J connectivity index is 2.19. The molecule has 0 radical (unpaired) electrons. The van der Waals surface area contributed by atoms with Crippen LogP contribution in [-0.2, 0) is 6.42 Å². The van der Waals surface area contributed by atoms with Gasteiger partial charge in [-0.15, -0.1) is 0 Å². The van der Waals surface area contributed by atoms with Gasteiger partial charge in [-0.25, -0.2) is 10.4 Å². The number of aromatic amines is 1. The van der Waals surface area contributed by atoms with Crippen molar-refractivity contribution in [2.45, 2.75) is 12.5 Å². The van der Waals surface area contributed by atoms with Crippen molar-refractivity contribution in [3.8, 4) is 0 Å². The van der Waals surface area contributed by atoms with E-state index in [1.165, 1.54) is 0 Å². The fraction of sp³-hybridized carbons (Fsp3) is 0.182. The van der Waals surface area contributed by atoms with Crippen molar-refractivity contribution in [2.75, 3.05) is 0 Å². The average molecular weight is 271 g/mol. The number of rotatable bonds is 4. The van der Waals surface area contributed by atoms with Crippen LogP contribution in [0, 0.1) is 0 Å². The standard InChI is InChI=1S/C11H12Cl2N4/c12-8-2-1-7(9(13)6-8)5-10(17-14)11-15-3-4-16-11/h1-4,6,10,17H,5,14H2,(H,15,16). The number of benzene rings is 1. The van der Waals surface area contributed by atoms with Crippen molar-refractivity contribution in [2.24, 2.45) is 5.84 Å². The van der Waals surface area contributed by atoms with Gasteiger partial charge in [0.15, 0.2) is 0 Å². The van der Waals surface area contributed by atoms with Crippen molar-refractivity contribution in [3.63, 3.8) is 0 Å². The Bertz CT molecular complexity index is 484. The quantitative estimate of drug-likeness (QED) is 0.591. The van der Waals surface area contributed by atoms with E-state index in [4.69, 9.17) is 29.0 Å². The first kappa shape index (κ1) is 12.4. The predicted molar refractivity (Wildman–Crippen MR) is 68.8 cm³/mol. The molecule has 1 aromatic carbocycles. The first-order chi connectivity index (χ1) is 8.20. The number of nitrogens with one attached hydrogen (secondary N) is 2. The van der Waals surface area contributed by atoms with Crippen LogP contribution in [0.1, 0.15) is 17.4 Å². The summed E-state index contributed by atoms with van der Waals surface area (Å²) in [7, 11) is 0. The maximum Gasteiger partial charge on any atom is 0.124 e. The third kappa shape index (κ3) is 2.98. The van der Waals surface area contributed by atoms with Crippen LogP contribution >= 0.6 is 23.2 Å². The smallest absolute Gasteiger partial charge is 0.124 e. The Morgan fingerprint density at radius 1 is 1.41 bits per heavy atom. The van der Waals surface area contributed by atoms with E-state index in [9.17, 15) is 0 Å². The molecule has 0 bridgehead atoms. The van der Waals surface area contributed by atoms with Gasteiger partial charge >= 0.3 is 0 Å². The van der Waals surface area contributed by atoms with Gasteiger partial charge in [0.25, 0.3) is 0 Å². The molecular formula is C11H12Cl2N4. The Morgan fingerprint density at radius 2 is 2.24 bits per heavy atom. The van der Waals surface area contributed by atoms with E-state index in [2.05, 4.69) is 15.4 Å². The molecule has 0 aliphatic rings. The van der Waals surface area contributed by atoms with Gasteiger partial charge in [0, 0.05) is 22.4 Å². The second-order valence-corrected chi connectivity index (χ2v) is 4.48. The lowest BCUT2D eigenvalue weighted by atomic mass is 10.1. The minimum atomic E-state index is -0.108. The average Bonchev–Trinajstić information content (AvgIpc) is 2.81. The van der Waals surface area contributed by atoms with Gasteiger partial charge in [-0.1, -0.05) is 29.3 Å². The molecule has 1 heterocycles.